The zero-order chi connectivity index (χ0) is 33.1. The molecule has 1 aliphatic rings. The predicted octanol–water partition coefficient (Wildman–Crippen LogP) is 11.9. The Morgan fingerprint density at radius 2 is 1.24 bits per heavy atom. The summed E-state index contributed by atoms with van der Waals surface area (Å²) in [5, 5.41) is 9.53. The van der Waals surface area contributed by atoms with Gasteiger partial charge in [0.1, 0.15) is 11.2 Å². The second-order valence-electron chi connectivity index (χ2n) is 14.4. The van der Waals surface area contributed by atoms with E-state index in [4.69, 9.17) is 13.7 Å². The molecule has 0 bridgehead atoms. The Morgan fingerprint density at radius 1 is 0.490 bits per heavy atom. The van der Waals surface area contributed by atoms with Gasteiger partial charge in [-0.05, 0) is 132 Å². The van der Waals surface area contributed by atoms with E-state index < -0.39 is 18.3 Å². The van der Waals surface area contributed by atoms with Gasteiger partial charge in [-0.25, -0.2) is 0 Å². The first-order valence-electron chi connectivity index (χ1n) is 16.9. The smallest absolute Gasteiger partial charge is 0.456 e. The third-order valence-electron chi connectivity index (χ3n) is 10.9. The van der Waals surface area contributed by atoms with Crippen molar-refractivity contribution in [2.45, 2.75) is 38.9 Å². The van der Waals surface area contributed by atoms with Gasteiger partial charge in [-0.3, -0.25) is 0 Å². The monoisotopic (exact) mass is 652 g/mol. The Morgan fingerprint density at radius 3 is 2.10 bits per heavy atom. The molecule has 1 fully saturated rings. The maximum absolute atomic E-state index is 6.59. The zero-order valence-electron chi connectivity index (χ0n) is 27.8. The molecule has 10 rings (SSSR count). The summed E-state index contributed by atoms with van der Waals surface area (Å²) in [4.78, 5) is 0. The normalized spacial score (nSPS) is 15.9. The number of rotatable bonds is 3. The SMILES string of the molecule is CC1(C)OB(c2cccc3sc4ccc(-c5cc(-c6ccc7ccccc7c6)cc6cc7oc8ccccc8c7cc56)cc4c23)OC1(C)C. The van der Waals surface area contributed by atoms with E-state index in [2.05, 4.69) is 149 Å². The number of fused-ring (bicyclic) bond motifs is 8. The number of hydrogen-bond donors (Lipinski definition) is 0. The maximum Gasteiger partial charge on any atom is 0.495 e. The van der Waals surface area contributed by atoms with Gasteiger partial charge in [0, 0.05) is 30.9 Å². The van der Waals surface area contributed by atoms with Gasteiger partial charge in [0.25, 0.3) is 0 Å². The second kappa shape index (κ2) is 10.3. The molecule has 0 spiro atoms. The van der Waals surface area contributed by atoms with Crippen molar-refractivity contribution in [2.24, 2.45) is 0 Å². The minimum Gasteiger partial charge on any atom is -0.456 e. The predicted molar refractivity (Wildman–Crippen MR) is 208 cm³/mol. The topological polar surface area (TPSA) is 31.6 Å². The summed E-state index contributed by atoms with van der Waals surface area (Å²) in [6.07, 6.45) is 0. The van der Waals surface area contributed by atoms with Crippen LogP contribution in [0.1, 0.15) is 27.7 Å². The Hall–Kier alpha value is -4.94. The van der Waals surface area contributed by atoms with E-state index in [9.17, 15) is 0 Å². The lowest BCUT2D eigenvalue weighted by molar-refractivity contribution is 0.00578. The van der Waals surface area contributed by atoms with Crippen molar-refractivity contribution in [3.63, 3.8) is 0 Å². The van der Waals surface area contributed by atoms with E-state index >= 15 is 0 Å². The van der Waals surface area contributed by atoms with Gasteiger partial charge in [-0.1, -0.05) is 72.8 Å². The van der Waals surface area contributed by atoms with Gasteiger partial charge in [-0.15, -0.1) is 11.3 Å². The first-order valence-corrected chi connectivity index (χ1v) is 17.7. The highest BCUT2D eigenvalue weighted by Gasteiger charge is 2.52. The summed E-state index contributed by atoms with van der Waals surface area (Å²) >= 11 is 1.82. The molecule has 1 aliphatic heterocycles. The van der Waals surface area contributed by atoms with Crippen LogP contribution in [-0.2, 0) is 9.31 Å². The van der Waals surface area contributed by atoms with Crippen LogP contribution >= 0.6 is 11.3 Å². The standard InChI is InChI=1S/C44H33BO3S/c1-43(2)44(3,4)48-45(47-43)37-13-9-15-41-42(37)36-22-29(18-19-40(36)49-41)33-23-30(28-17-16-26-10-5-6-11-27(26)20-28)21-31-24-39-35(25-34(31)33)32-12-7-8-14-38(32)46-39/h5-25H,1-4H3. The molecule has 0 unspecified atom stereocenters. The van der Waals surface area contributed by atoms with E-state index in [1.807, 2.05) is 17.4 Å². The van der Waals surface area contributed by atoms with Crippen LogP contribution in [0.5, 0.6) is 0 Å². The number of furan rings is 1. The highest BCUT2D eigenvalue weighted by molar-refractivity contribution is 7.26. The van der Waals surface area contributed by atoms with Crippen molar-refractivity contribution in [3.8, 4) is 22.3 Å². The fraction of sp³-hybridized carbons (Fsp3) is 0.136. The molecule has 3 heterocycles. The molecular weight excluding hydrogens is 619 g/mol. The highest BCUT2D eigenvalue weighted by atomic mass is 32.1. The van der Waals surface area contributed by atoms with Crippen molar-refractivity contribution in [1.82, 2.24) is 0 Å². The minimum absolute atomic E-state index is 0.415. The Bertz CT molecular complexity index is 2790. The van der Waals surface area contributed by atoms with Crippen LogP contribution in [0.2, 0.25) is 0 Å². The molecule has 0 saturated carbocycles. The zero-order valence-corrected chi connectivity index (χ0v) is 28.7. The van der Waals surface area contributed by atoms with Crippen LogP contribution in [0.25, 0.3) is 85.9 Å². The average molecular weight is 653 g/mol. The van der Waals surface area contributed by atoms with Crippen molar-refractivity contribution in [3.05, 3.63) is 127 Å². The van der Waals surface area contributed by atoms with Gasteiger partial charge in [0.2, 0.25) is 0 Å². The van der Waals surface area contributed by atoms with Crippen LogP contribution in [0, 0.1) is 0 Å². The third-order valence-corrected chi connectivity index (χ3v) is 12.0. The lowest BCUT2D eigenvalue weighted by atomic mass is 9.76. The molecular formula is C44H33BO3S. The summed E-state index contributed by atoms with van der Waals surface area (Å²) in [7, 11) is -0.435. The maximum atomic E-state index is 6.59. The fourth-order valence-electron chi connectivity index (χ4n) is 7.54. The summed E-state index contributed by atoms with van der Waals surface area (Å²) in [5.41, 5.74) is 6.81. The summed E-state index contributed by atoms with van der Waals surface area (Å²) in [6, 6.07) is 46.3. The van der Waals surface area contributed by atoms with Crippen LogP contribution in [0.15, 0.2) is 132 Å². The molecule has 1 saturated heterocycles. The summed E-state index contributed by atoms with van der Waals surface area (Å²) in [6.45, 7) is 8.46. The summed E-state index contributed by atoms with van der Waals surface area (Å²) < 4.78 is 22.0. The average Bonchev–Trinajstić information content (AvgIpc) is 3.73. The molecule has 49 heavy (non-hydrogen) atoms. The molecule has 3 nitrogen and oxygen atoms in total. The summed E-state index contributed by atoms with van der Waals surface area (Å²) in [5.74, 6) is 0. The Labute approximate surface area is 288 Å². The van der Waals surface area contributed by atoms with E-state index in [-0.39, 0.29) is 0 Å². The van der Waals surface area contributed by atoms with E-state index in [1.165, 1.54) is 58.6 Å². The Balaban J connectivity index is 1.23. The molecule has 0 radical (unpaired) electrons. The lowest BCUT2D eigenvalue weighted by Crippen LogP contribution is -2.41. The molecule has 7 aromatic carbocycles. The molecule has 0 amide bonds. The lowest BCUT2D eigenvalue weighted by Gasteiger charge is -2.32. The number of hydrogen-bond acceptors (Lipinski definition) is 4. The first-order chi connectivity index (χ1) is 23.7. The van der Waals surface area contributed by atoms with Crippen molar-refractivity contribution >= 4 is 87.6 Å². The molecule has 5 heteroatoms. The van der Waals surface area contributed by atoms with Gasteiger partial charge in [-0.2, -0.15) is 0 Å². The molecule has 0 N–H and O–H groups in total. The van der Waals surface area contributed by atoms with Crippen molar-refractivity contribution in [1.29, 1.82) is 0 Å². The second-order valence-corrected chi connectivity index (χ2v) is 15.5. The van der Waals surface area contributed by atoms with Crippen LogP contribution in [0.4, 0.5) is 0 Å². The largest absolute Gasteiger partial charge is 0.495 e. The number of benzene rings is 7. The Kier molecular flexibility index (Phi) is 6.09. The van der Waals surface area contributed by atoms with Gasteiger partial charge in [0.15, 0.2) is 0 Å². The fourth-order valence-corrected chi connectivity index (χ4v) is 8.67. The van der Waals surface area contributed by atoms with Crippen molar-refractivity contribution < 1.29 is 13.7 Å². The van der Waals surface area contributed by atoms with Crippen LogP contribution in [-0.4, -0.2) is 18.3 Å². The first kappa shape index (κ1) is 29.0. The van der Waals surface area contributed by atoms with Crippen LogP contribution in [0.3, 0.4) is 0 Å². The quantitative estimate of drug-likeness (QED) is 0.178. The van der Waals surface area contributed by atoms with Crippen molar-refractivity contribution in [2.75, 3.05) is 0 Å². The highest BCUT2D eigenvalue weighted by Crippen LogP contribution is 2.43. The number of thiophene rings is 1. The third kappa shape index (κ3) is 4.43. The molecule has 0 aliphatic carbocycles. The molecule has 0 atom stereocenters. The molecule has 9 aromatic rings. The van der Waals surface area contributed by atoms with Gasteiger partial charge >= 0.3 is 7.12 Å². The van der Waals surface area contributed by atoms with E-state index in [0.717, 1.165) is 32.8 Å². The number of para-hydroxylation sites is 1. The molecule has 2 aromatic heterocycles. The van der Waals surface area contributed by atoms with Gasteiger partial charge < -0.3 is 13.7 Å². The van der Waals surface area contributed by atoms with E-state index in [0.29, 0.717) is 0 Å². The van der Waals surface area contributed by atoms with Crippen LogP contribution < -0.4 is 5.46 Å². The minimum atomic E-state index is -0.435. The molecule has 236 valence electrons. The van der Waals surface area contributed by atoms with E-state index in [1.54, 1.807) is 0 Å². The van der Waals surface area contributed by atoms with Gasteiger partial charge in [0.05, 0.1) is 11.2 Å².